The number of anilines is 1. The van der Waals surface area contributed by atoms with Gasteiger partial charge in [0, 0.05) is 28.5 Å². The van der Waals surface area contributed by atoms with E-state index in [-0.39, 0.29) is 23.8 Å². The first-order valence-corrected chi connectivity index (χ1v) is 16.8. The molecule has 2 amide bonds. The lowest BCUT2D eigenvalue weighted by Gasteiger charge is -2.34. The Morgan fingerprint density at radius 1 is 0.791 bits per heavy atom. The standard InChI is InChI=1S/C33H33Br2N3O4S/c1-3-36-33(40)31(21-25-7-5-4-6-8-25)37(22-26-11-13-27(34)14-12-26)32(39)23-38(29-17-15-28(35)16-18-29)43(41,42)30-19-9-24(2)10-20-30/h4-20,31H,3,21-23H2,1-2H3,(H,36,40). The van der Waals surface area contributed by atoms with Crippen LogP contribution >= 0.6 is 31.9 Å². The second-order valence-electron chi connectivity index (χ2n) is 10.0. The van der Waals surface area contributed by atoms with Gasteiger partial charge in [-0.1, -0.05) is 92.0 Å². The zero-order chi connectivity index (χ0) is 31.0. The second-order valence-corrected chi connectivity index (χ2v) is 13.7. The topological polar surface area (TPSA) is 86.8 Å². The molecule has 0 saturated carbocycles. The molecule has 0 heterocycles. The van der Waals surface area contributed by atoms with Crippen molar-refractivity contribution in [1.29, 1.82) is 0 Å². The molecule has 0 fully saturated rings. The Bertz CT molecular complexity index is 1630. The van der Waals surface area contributed by atoms with Crippen molar-refractivity contribution in [3.05, 3.63) is 129 Å². The van der Waals surface area contributed by atoms with Crippen LogP contribution in [0.5, 0.6) is 0 Å². The maximum atomic E-state index is 14.4. The van der Waals surface area contributed by atoms with E-state index < -0.39 is 28.5 Å². The Balaban J connectivity index is 1.78. The third-order valence-electron chi connectivity index (χ3n) is 6.89. The molecular weight excluding hydrogens is 694 g/mol. The van der Waals surface area contributed by atoms with Crippen molar-refractivity contribution in [3.8, 4) is 0 Å². The molecule has 1 unspecified atom stereocenters. The molecule has 1 atom stereocenters. The predicted molar refractivity (Wildman–Crippen MR) is 177 cm³/mol. The molecule has 1 N–H and O–H groups in total. The SMILES string of the molecule is CCNC(=O)C(Cc1ccccc1)N(Cc1ccc(Br)cc1)C(=O)CN(c1ccc(Br)cc1)S(=O)(=O)c1ccc(C)cc1. The second kappa shape index (κ2) is 14.8. The zero-order valence-electron chi connectivity index (χ0n) is 23.9. The van der Waals surface area contributed by atoms with Crippen LogP contribution in [0.25, 0.3) is 0 Å². The fourth-order valence-electron chi connectivity index (χ4n) is 4.61. The molecule has 0 aliphatic carbocycles. The van der Waals surface area contributed by atoms with Gasteiger partial charge in [0.05, 0.1) is 10.6 Å². The molecule has 0 bridgehead atoms. The van der Waals surface area contributed by atoms with Gasteiger partial charge in [-0.2, -0.15) is 0 Å². The Labute approximate surface area is 270 Å². The summed E-state index contributed by atoms with van der Waals surface area (Å²) in [6.07, 6.45) is 0.262. The summed E-state index contributed by atoms with van der Waals surface area (Å²) >= 11 is 6.85. The van der Waals surface area contributed by atoms with Crippen LogP contribution in [0.2, 0.25) is 0 Å². The van der Waals surface area contributed by atoms with Crippen molar-refractivity contribution in [3.63, 3.8) is 0 Å². The number of likely N-dealkylation sites (N-methyl/N-ethyl adjacent to an activating group) is 1. The first-order chi connectivity index (χ1) is 20.6. The van der Waals surface area contributed by atoms with Crippen LogP contribution in [0.4, 0.5) is 5.69 Å². The molecular formula is C33H33Br2N3O4S. The average molecular weight is 728 g/mol. The number of rotatable bonds is 12. The summed E-state index contributed by atoms with van der Waals surface area (Å²) in [5, 5.41) is 2.87. The average Bonchev–Trinajstić information content (AvgIpc) is 3.00. The van der Waals surface area contributed by atoms with E-state index in [4.69, 9.17) is 0 Å². The third kappa shape index (κ3) is 8.55. The highest BCUT2D eigenvalue weighted by molar-refractivity contribution is 9.10. The minimum Gasteiger partial charge on any atom is -0.355 e. The van der Waals surface area contributed by atoms with E-state index in [0.717, 1.165) is 29.9 Å². The minimum atomic E-state index is -4.14. The molecule has 224 valence electrons. The molecule has 4 aromatic carbocycles. The summed E-state index contributed by atoms with van der Waals surface area (Å²) in [5.41, 5.74) is 2.93. The van der Waals surface area contributed by atoms with Gasteiger partial charge in [0.1, 0.15) is 12.6 Å². The summed E-state index contributed by atoms with van der Waals surface area (Å²) in [7, 11) is -4.14. The predicted octanol–water partition coefficient (Wildman–Crippen LogP) is 6.49. The summed E-state index contributed by atoms with van der Waals surface area (Å²) in [4.78, 5) is 29.4. The molecule has 0 aromatic heterocycles. The van der Waals surface area contributed by atoms with Crippen molar-refractivity contribution in [2.75, 3.05) is 17.4 Å². The van der Waals surface area contributed by atoms with Crippen LogP contribution in [-0.2, 0) is 32.6 Å². The number of hydrogen-bond donors (Lipinski definition) is 1. The zero-order valence-corrected chi connectivity index (χ0v) is 27.9. The molecule has 4 rings (SSSR count). The van der Waals surface area contributed by atoms with Crippen LogP contribution in [0.3, 0.4) is 0 Å². The molecule has 0 aliphatic heterocycles. The van der Waals surface area contributed by atoms with Gasteiger partial charge in [0.2, 0.25) is 11.8 Å². The first-order valence-electron chi connectivity index (χ1n) is 13.8. The van der Waals surface area contributed by atoms with Crippen LogP contribution in [0, 0.1) is 6.92 Å². The number of halogens is 2. The summed E-state index contributed by atoms with van der Waals surface area (Å²) < 4.78 is 30.8. The minimum absolute atomic E-state index is 0.0674. The van der Waals surface area contributed by atoms with E-state index in [2.05, 4.69) is 37.2 Å². The van der Waals surface area contributed by atoms with Crippen LogP contribution < -0.4 is 9.62 Å². The molecule has 0 saturated heterocycles. The van der Waals surface area contributed by atoms with E-state index >= 15 is 0 Å². The molecule has 43 heavy (non-hydrogen) atoms. The molecule has 7 nitrogen and oxygen atoms in total. The smallest absolute Gasteiger partial charge is 0.264 e. The highest BCUT2D eigenvalue weighted by Crippen LogP contribution is 2.27. The number of benzene rings is 4. The number of amides is 2. The largest absolute Gasteiger partial charge is 0.355 e. The molecule has 0 spiro atoms. The van der Waals surface area contributed by atoms with Gasteiger partial charge in [-0.05, 0) is 73.5 Å². The van der Waals surface area contributed by atoms with Crippen molar-refractivity contribution in [1.82, 2.24) is 10.2 Å². The lowest BCUT2D eigenvalue weighted by atomic mass is 10.0. The number of hydrogen-bond acceptors (Lipinski definition) is 4. The first kappa shape index (κ1) is 32.4. The summed E-state index contributed by atoms with van der Waals surface area (Å²) in [5.74, 6) is -0.817. The van der Waals surface area contributed by atoms with Gasteiger partial charge >= 0.3 is 0 Å². The number of carbonyl (C=O) groups is 2. The lowest BCUT2D eigenvalue weighted by molar-refractivity contribution is -0.140. The van der Waals surface area contributed by atoms with E-state index in [9.17, 15) is 18.0 Å². The summed E-state index contributed by atoms with van der Waals surface area (Å²) in [6.45, 7) is 3.69. The van der Waals surface area contributed by atoms with Gasteiger partial charge in [0.15, 0.2) is 0 Å². The van der Waals surface area contributed by atoms with E-state index in [1.807, 2.05) is 68.4 Å². The number of sulfonamides is 1. The molecule has 0 aliphatic rings. The summed E-state index contributed by atoms with van der Waals surface area (Å²) in [6, 6.07) is 29.3. The third-order valence-corrected chi connectivity index (χ3v) is 9.74. The Hall–Kier alpha value is -3.47. The quantitative estimate of drug-likeness (QED) is 0.181. The molecule has 0 radical (unpaired) electrons. The highest BCUT2D eigenvalue weighted by atomic mass is 79.9. The van der Waals surface area contributed by atoms with Gasteiger partial charge in [-0.15, -0.1) is 0 Å². The molecule has 10 heteroatoms. The maximum absolute atomic E-state index is 14.4. The van der Waals surface area contributed by atoms with E-state index in [1.54, 1.807) is 36.4 Å². The Morgan fingerprint density at radius 3 is 1.95 bits per heavy atom. The van der Waals surface area contributed by atoms with Crippen molar-refractivity contribution >= 4 is 59.4 Å². The van der Waals surface area contributed by atoms with Gasteiger partial charge in [0.25, 0.3) is 10.0 Å². The van der Waals surface area contributed by atoms with Gasteiger partial charge in [-0.25, -0.2) is 8.42 Å². The maximum Gasteiger partial charge on any atom is 0.264 e. The van der Waals surface area contributed by atoms with Crippen molar-refractivity contribution in [2.24, 2.45) is 0 Å². The van der Waals surface area contributed by atoms with E-state index in [0.29, 0.717) is 12.2 Å². The fraction of sp³-hybridized carbons (Fsp3) is 0.212. The number of nitrogens with zero attached hydrogens (tertiary/aromatic N) is 2. The van der Waals surface area contributed by atoms with E-state index in [1.165, 1.54) is 17.0 Å². The Kier molecular flexibility index (Phi) is 11.2. The van der Waals surface area contributed by atoms with Crippen LogP contribution in [-0.4, -0.2) is 44.3 Å². The van der Waals surface area contributed by atoms with Gasteiger partial charge < -0.3 is 10.2 Å². The van der Waals surface area contributed by atoms with Crippen LogP contribution in [0.1, 0.15) is 23.6 Å². The van der Waals surface area contributed by atoms with Crippen molar-refractivity contribution in [2.45, 2.75) is 37.8 Å². The number of nitrogens with one attached hydrogen (secondary N) is 1. The monoisotopic (exact) mass is 725 g/mol. The van der Waals surface area contributed by atoms with Gasteiger partial charge in [-0.3, -0.25) is 13.9 Å². The fourth-order valence-corrected chi connectivity index (χ4v) is 6.55. The molecule has 4 aromatic rings. The van der Waals surface area contributed by atoms with Crippen molar-refractivity contribution < 1.29 is 18.0 Å². The number of carbonyl (C=O) groups excluding carboxylic acids is 2. The lowest BCUT2D eigenvalue weighted by Crippen LogP contribution is -2.53. The number of aryl methyl sites for hydroxylation is 1. The highest BCUT2D eigenvalue weighted by Gasteiger charge is 2.34. The van der Waals surface area contributed by atoms with Crippen LogP contribution in [0.15, 0.2) is 117 Å². The normalized spacial score (nSPS) is 11.9. The Morgan fingerprint density at radius 2 is 1.37 bits per heavy atom.